The Balaban J connectivity index is 2.00. The number of aromatic nitrogens is 2. The molecule has 0 bridgehead atoms. The summed E-state index contributed by atoms with van der Waals surface area (Å²) in [5, 5.41) is 10.9. The molecule has 2 heterocycles. The van der Waals surface area contributed by atoms with E-state index in [0.717, 1.165) is 38.3 Å². The highest BCUT2D eigenvalue weighted by atomic mass is 16.5. The molecule has 1 aromatic rings. The van der Waals surface area contributed by atoms with Crippen molar-refractivity contribution in [2.75, 3.05) is 18.5 Å². The van der Waals surface area contributed by atoms with Gasteiger partial charge in [0.25, 0.3) is 0 Å². The van der Waals surface area contributed by atoms with Crippen molar-refractivity contribution in [2.45, 2.75) is 39.2 Å². The van der Waals surface area contributed by atoms with Gasteiger partial charge in [0, 0.05) is 30.5 Å². The van der Waals surface area contributed by atoms with Gasteiger partial charge in [-0.1, -0.05) is 6.92 Å². The Morgan fingerprint density at radius 1 is 1.47 bits per heavy atom. The van der Waals surface area contributed by atoms with Gasteiger partial charge in [0.05, 0.1) is 0 Å². The molecule has 1 fully saturated rings. The number of nitrogens with one attached hydrogen (secondary N) is 2. The van der Waals surface area contributed by atoms with Crippen LogP contribution < -0.4 is 5.32 Å². The Morgan fingerprint density at radius 2 is 2.20 bits per heavy atom. The van der Waals surface area contributed by atoms with E-state index in [2.05, 4.69) is 29.4 Å². The van der Waals surface area contributed by atoms with Crippen LogP contribution in [0.25, 0.3) is 0 Å². The van der Waals surface area contributed by atoms with E-state index in [1.165, 1.54) is 11.3 Å². The molecule has 0 saturated carbocycles. The molecular weight excluding hydrogens is 190 g/mol. The molecule has 0 atom stereocenters. The summed E-state index contributed by atoms with van der Waals surface area (Å²) in [6.45, 7) is 5.98. The van der Waals surface area contributed by atoms with Crippen LogP contribution in [0.2, 0.25) is 0 Å². The fraction of sp³-hybridized carbons (Fsp3) is 0.727. The van der Waals surface area contributed by atoms with Crippen LogP contribution in [-0.4, -0.2) is 29.5 Å². The van der Waals surface area contributed by atoms with Gasteiger partial charge >= 0.3 is 0 Å². The second-order valence-corrected chi connectivity index (χ2v) is 4.06. The molecule has 0 unspecified atom stereocenters. The quantitative estimate of drug-likeness (QED) is 0.799. The summed E-state index contributed by atoms with van der Waals surface area (Å²) in [7, 11) is 0. The summed E-state index contributed by atoms with van der Waals surface area (Å²) in [5.74, 6) is 1.01. The zero-order valence-electron chi connectivity index (χ0n) is 9.47. The lowest BCUT2D eigenvalue weighted by atomic mass is 10.1. The molecule has 2 N–H and O–H groups in total. The Labute approximate surface area is 90.4 Å². The van der Waals surface area contributed by atoms with E-state index in [1.54, 1.807) is 0 Å². The molecule has 0 amide bonds. The highest BCUT2D eigenvalue weighted by molar-refractivity contribution is 5.46. The molecule has 1 saturated heterocycles. The third-order valence-corrected chi connectivity index (χ3v) is 3.03. The lowest BCUT2D eigenvalue weighted by Gasteiger charge is -2.23. The number of anilines is 1. The van der Waals surface area contributed by atoms with E-state index >= 15 is 0 Å². The maximum atomic E-state index is 5.33. The van der Waals surface area contributed by atoms with E-state index in [4.69, 9.17) is 4.74 Å². The van der Waals surface area contributed by atoms with Gasteiger partial charge < -0.3 is 10.1 Å². The number of ether oxygens (including phenoxy) is 1. The molecule has 1 aromatic heterocycles. The Bertz CT molecular complexity index is 316. The first kappa shape index (κ1) is 10.5. The van der Waals surface area contributed by atoms with Crippen molar-refractivity contribution in [1.82, 2.24) is 10.2 Å². The van der Waals surface area contributed by atoms with Gasteiger partial charge in [0.15, 0.2) is 5.82 Å². The fourth-order valence-electron chi connectivity index (χ4n) is 1.95. The molecule has 15 heavy (non-hydrogen) atoms. The van der Waals surface area contributed by atoms with Crippen molar-refractivity contribution in [2.24, 2.45) is 0 Å². The molecule has 2 rings (SSSR count). The number of aryl methyl sites for hydroxylation is 1. The molecule has 4 nitrogen and oxygen atoms in total. The normalized spacial score (nSPS) is 18.0. The van der Waals surface area contributed by atoms with Crippen molar-refractivity contribution in [1.29, 1.82) is 0 Å². The van der Waals surface area contributed by atoms with Crippen LogP contribution in [0.4, 0.5) is 5.82 Å². The minimum atomic E-state index is 0.519. The zero-order chi connectivity index (χ0) is 10.7. The van der Waals surface area contributed by atoms with Crippen molar-refractivity contribution < 1.29 is 4.74 Å². The Morgan fingerprint density at radius 3 is 2.80 bits per heavy atom. The molecule has 1 aliphatic heterocycles. The molecule has 0 aliphatic carbocycles. The largest absolute Gasteiger partial charge is 0.381 e. The number of H-pyrrole nitrogens is 1. The number of hydrogen-bond donors (Lipinski definition) is 2. The third kappa shape index (κ3) is 2.31. The number of aromatic amines is 1. The molecule has 1 aliphatic rings. The Kier molecular flexibility index (Phi) is 3.26. The van der Waals surface area contributed by atoms with Crippen LogP contribution in [-0.2, 0) is 11.2 Å². The summed E-state index contributed by atoms with van der Waals surface area (Å²) in [5.41, 5.74) is 2.48. The summed E-state index contributed by atoms with van der Waals surface area (Å²) in [4.78, 5) is 0. The van der Waals surface area contributed by atoms with Crippen LogP contribution in [0, 0.1) is 6.92 Å². The standard InChI is InChI=1S/C11H19N3O/c1-3-10-8(2)11(14-13-10)12-9-4-6-15-7-5-9/h9H,3-7H2,1-2H3,(H2,12,13,14). The van der Waals surface area contributed by atoms with Gasteiger partial charge in [-0.2, -0.15) is 5.10 Å². The summed E-state index contributed by atoms with van der Waals surface area (Å²) in [6, 6.07) is 0.519. The van der Waals surface area contributed by atoms with Crippen LogP contribution >= 0.6 is 0 Å². The maximum Gasteiger partial charge on any atom is 0.151 e. The first-order chi connectivity index (χ1) is 7.31. The van der Waals surface area contributed by atoms with Gasteiger partial charge in [-0.05, 0) is 26.2 Å². The first-order valence-corrected chi connectivity index (χ1v) is 5.69. The average molecular weight is 209 g/mol. The first-order valence-electron chi connectivity index (χ1n) is 5.69. The monoisotopic (exact) mass is 209 g/mol. The zero-order valence-corrected chi connectivity index (χ0v) is 9.47. The highest BCUT2D eigenvalue weighted by Gasteiger charge is 2.16. The fourth-order valence-corrected chi connectivity index (χ4v) is 1.95. The van der Waals surface area contributed by atoms with E-state index in [1.807, 2.05) is 0 Å². The van der Waals surface area contributed by atoms with Crippen LogP contribution in [0.1, 0.15) is 31.0 Å². The van der Waals surface area contributed by atoms with Gasteiger partial charge in [-0.15, -0.1) is 0 Å². The predicted molar refractivity (Wildman–Crippen MR) is 60.2 cm³/mol. The lowest BCUT2D eigenvalue weighted by molar-refractivity contribution is 0.0904. The molecular formula is C11H19N3O. The number of rotatable bonds is 3. The van der Waals surface area contributed by atoms with Crippen LogP contribution in [0.5, 0.6) is 0 Å². The molecule has 0 spiro atoms. The van der Waals surface area contributed by atoms with E-state index in [9.17, 15) is 0 Å². The smallest absolute Gasteiger partial charge is 0.151 e. The second-order valence-electron chi connectivity index (χ2n) is 4.06. The van der Waals surface area contributed by atoms with Crippen molar-refractivity contribution in [3.8, 4) is 0 Å². The minimum Gasteiger partial charge on any atom is -0.381 e. The molecule has 0 radical (unpaired) electrons. The second kappa shape index (κ2) is 4.66. The van der Waals surface area contributed by atoms with Crippen molar-refractivity contribution >= 4 is 5.82 Å². The van der Waals surface area contributed by atoms with E-state index < -0.39 is 0 Å². The van der Waals surface area contributed by atoms with Crippen molar-refractivity contribution in [3.05, 3.63) is 11.3 Å². The molecule has 4 heteroatoms. The summed E-state index contributed by atoms with van der Waals surface area (Å²) >= 11 is 0. The summed E-state index contributed by atoms with van der Waals surface area (Å²) in [6.07, 6.45) is 3.16. The van der Waals surface area contributed by atoms with Crippen LogP contribution in [0.15, 0.2) is 0 Å². The van der Waals surface area contributed by atoms with E-state index in [0.29, 0.717) is 6.04 Å². The molecule has 0 aromatic carbocycles. The SMILES string of the molecule is CCc1[nH]nc(NC2CCOCC2)c1C. The summed E-state index contributed by atoms with van der Waals surface area (Å²) < 4.78 is 5.33. The molecule has 84 valence electrons. The third-order valence-electron chi connectivity index (χ3n) is 3.03. The average Bonchev–Trinajstić information content (AvgIpc) is 2.62. The predicted octanol–water partition coefficient (Wildman–Crippen LogP) is 1.87. The van der Waals surface area contributed by atoms with Gasteiger partial charge in [0.2, 0.25) is 0 Å². The maximum absolute atomic E-state index is 5.33. The van der Waals surface area contributed by atoms with Crippen LogP contribution in [0.3, 0.4) is 0 Å². The van der Waals surface area contributed by atoms with Gasteiger partial charge in [-0.25, -0.2) is 0 Å². The van der Waals surface area contributed by atoms with Gasteiger partial charge in [0.1, 0.15) is 0 Å². The number of hydrogen-bond acceptors (Lipinski definition) is 3. The van der Waals surface area contributed by atoms with E-state index in [-0.39, 0.29) is 0 Å². The van der Waals surface area contributed by atoms with Gasteiger partial charge in [-0.3, -0.25) is 5.10 Å². The Hall–Kier alpha value is -1.03. The minimum absolute atomic E-state index is 0.519. The number of nitrogens with zero attached hydrogens (tertiary/aromatic N) is 1. The highest BCUT2D eigenvalue weighted by Crippen LogP contribution is 2.19. The lowest BCUT2D eigenvalue weighted by Crippen LogP contribution is -2.28. The van der Waals surface area contributed by atoms with Crippen molar-refractivity contribution in [3.63, 3.8) is 0 Å². The topological polar surface area (TPSA) is 49.9 Å².